The lowest BCUT2D eigenvalue weighted by molar-refractivity contribution is -0.164. The van der Waals surface area contributed by atoms with Gasteiger partial charge in [0.05, 0.1) is 41.5 Å². The third kappa shape index (κ3) is 13.4. The molecule has 3 aromatic rings. The van der Waals surface area contributed by atoms with E-state index in [1.54, 1.807) is 18.3 Å². The number of anilines is 1. The van der Waals surface area contributed by atoms with Crippen molar-refractivity contribution in [1.29, 1.82) is 5.26 Å². The first-order valence-electron chi connectivity index (χ1n) is 27.6. The highest BCUT2D eigenvalue weighted by Gasteiger charge is 2.64. The van der Waals surface area contributed by atoms with Crippen molar-refractivity contribution in [3.8, 4) is 11.8 Å². The van der Waals surface area contributed by atoms with Gasteiger partial charge in [-0.05, 0) is 85.8 Å². The first kappa shape index (κ1) is 58.7. The maximum atomic E-state index is 14.3. The summed E-state index contributed by atoms with van der Waals surface area (Å²) in [4.78, 5) is 74.8. The number of pyridine rings is 1. The van der Waals surface area contributed by atoms with Crippen molar-refractivity contribution in [1.82, 2.24) is 40.5 Å². The Labute approximate surface area is 462 Å². The minimum Gasteiger partial charge on any atom is -0.489 e. The van der Waals surface area contributed by atoms with E-state index in [-0.39, 0.29) is 61.0 Å². The van der Waals surface area contributed by atoms with E-state index in [1.807, 2.05) is 98.9 Å². The molecular formula is C59H78F3N11O6. The molecule has 5 heterocycles. The third-order valence-corrected chi connectivity index (χ3v) is 16.7. The van der Waals surface area contributed by atoms with Crippen molar-refractivity contribution >= 4 is 41.2 Å². The van der Waals surface area contributed by atoms with Gasteiger partial charge in [0.15, 0.2) is 0 Å². The van der Waals surface area contributed by atoms with E-state index in [9.17, 15) is 42.7 Å². The molecule has 17 nitrogen and oxygen atoms in total. The molecule has 4 N–H and O–H groups in total. The second-order valence-corrected chi connectivity index (χ2v) is 24.3. The molecule has 5 aliphatic rings. The van der Waals surface area contributed by atoms with Crippen LogP contribution in [-0.2, 0) is 20.6 Å². The van der Waals surface area contributed by atoms with E-state index in [2.05, 4.69) is 45.5 Å². The Morgan fingerprint density at radius 1 is 0.873 bits per heavy atom. The number of carbonyl (C=O) groups is 4. The smallest absolute Gasteiger partial charge is 0.417 e. The number of aliphatic imine (C=N–C) groups is 1. The van der Waals surface area contributed by atoms with Crippen molar-refractivity contribution in [2.24, 2.45) is 21.2 Å². The molecule has 1 saturated carbocycles. The summed E-state index contributed by atoms with van der Waals surface area (Å²) in [6.07, 6.45) is -0.730. The van der Waals surface area contributed by atoms with Crippen LogP contribution >= 0.6 is 0 Å². The van der Waals surface area contributed by atoms with Gasteiger partial charge in [-0.15, -0.1) is 0 Å². The number of alkyl halides is 3. The number of nitrogens with zero attached hydrogens (tertiary/aromatic N) is 8. The summed E-state index contributed by atoms with van der Waals surface area (Å²) in [7, 11) is 0. The summed E-state index contributed by atoms with van der Waals surface area (Å²) in [6.45, 7) is 25.6. The Kier molecular flexibility index (Phi) is 17.7. The van der Waals surface area contributed by atoms with Gasteiger partial charge in [-0.2, -0.15) is 18.4 Å². The van der Waals surface area contributed by atoms with Crippen LogP contribution in [0.25, 0.3) is 5.57 Å². The fourth-order valence-corrected chi connectivity index (χ4v) is 12.4. The first-order chi connectivity index (χ1) is 37.2. The largest absolute Gasteiger partial charge is 0.489 e. The highest BCUT2D eigenvalue weighted by molar-refractivity contribution is 5.95. The van der Waals surface area contributed by atoms with Crippen molar-refractivity contribution in [2.75, 3.05) is 83.4 Å². The molecule has 1 aliphatic carbocycles. The number of nitriles is 1. The van der Waals surface area contributed by atoms with Crippen molar-refractivity contribution < 1.29 is 42.2 Å². The van der Waals surface area contributed by atoms with Gasteiger partial charge in [-0.1, -0.05) is 72.7 Å². The highest BCUT2D eigenvalue weighted by atomic mass is 19.4. The van der Waals surface area contributed by atoms with Crippen molar-refractivity contribution in [3.63, 3.8) is 0 Å². The monoisotopic (exact) mass is 1090 g/mol. The SMILES string of the molecule is CC1=C(c2ccc([C@H](C)NC(=O)[C@@H]3C[C@@H](O)CN3C(=O)[C@@H](NC(=O)CN3CCN(CCCN4CCN(c5ccc(C(=O)NC6C(C)(C)C(Oc7ccc(C#N)c(C(F)(F)F)c7)C6(C)C)cn5)CC4)CC3)C(C)(C)C)cc2)CC=N1. The maximum absolute atomic E-state index is 14.3. The van der Waals surface area contributed by atoms with Gasteiger partial charge in [-0.3, -0.25) is 34.0 Å². The van der Waals surface area contributed by atoms with Crippen LogP contribution in [-0.4, -0.2) is 168 Å². The Balaban J connectivity index is 0.731. The molecule has 4 atom stereocenters. The summed E-state index contributed by atoms with van der Waals surface area (Å²) < 4.78 is 47.1. The van der Waals surface area contributed by atoms with Crippen molar-refractivity contribution in [3.05, 3.63) is 94.3 Å². The summed E-state index contributed by atoms with van der Waals surface area (Å²) in [6, 6.07) is 14.1. The van der Waals surface area contributed by atoms with Crippen LogP contribution in [0.4, 0.5) is 19.0 Å². The number of ether oxygens (including phenoxy) is 1. The molecule has 4 fully saturated rings. The number of aliphatic hydroxyl groups excluding tert-OH is 1. The molecule has 426 valence electrons. The number of benzene rings is 2. The molecular weight excluding hydrogens is 1020 g/mol. The number of piperazine rings is 2. The molecule has 0 bridgehead atoms. The van der Waals surface area contributed by atoms with Gasteiger partial charge >= 0.3 is 6.18 Å². The number of likely N-dealkylation sites (tertiary alicyclic amines) is 1. The quantitative estimate of drug-likeness (QED) is 0.118. The van der Waals surface area contributed by atoms with Crippen LogP contribution in [0.2, 0.25) is 0 Å². The zero-order valence-electron chi connectivity index (χ0n) is 47.1. The Bertz CT molecular complexity index is 2790. The number of rotatable bonds is 17. The Morgan fingerprint density at radius 2 is 1.51 bits per heavy atom. The van der Waals surface area contributed by atoms with Gasteiger partial charge in [0.1, 0.15) is 29.8 Å². The van der Waals surface area contributed by atoms with Gasteiger partial charge in [0.2, 0.25) is 17.7 Å². The molecule has 4 amide bonds. The molecule has 4 aliphatic heterocycles. The van der Waals surface area contributed by atoms with E-state index in [1.165, 1.54) is 16.5 Å². The molecule has 1 aromatic heterocycles. The summed E-state index contributed by atoms with van der Waals surface area (Å²) in [5.41, 5.74) is 1.12. The molecule has 2 aromatic carbocycles. The predicted octanol–water partition coefficient (Wildman–Crippen LogP) is 6.29. The van der Waals surface area contributed by atoms with Crippen LogP contribution in [0, 0.1) is 27.6 Å². The molecule has 20 heteroatoms. The van der Waals surface area contributed by atoms with E-state index in [0.717, 1.165) is 100.0 Å². The fraction of sp³-hybridized carbons (Fsp3) is 0.576. The average Bonchev–Trinajstić information content (AvgIpc) is 3.98. The molecule has 0 unspecified atom stereocenters. The fourth-order valence-electron chi connectivity index (χ4n) is 12.4. The minimum absolute atomic E-state index is 0.00435. The van der Waals surface area contributed by atoms with Gasteiger partial charge < -0.3 is 40.5 Å². The molecule has 0 radical (unpaired) electrons. The minimum atomic E-state index is -4.71. The molecule has 79 heavy (non-hydrogen) atoms. The Hall–Kier alpha value is -6.40. The second-order valence-electron chi connectivity index (χ2n) is 24.3. The molecule has 8 rings (SSSR count). The number of hydrogen-bond acceptors (Lipinski definition) is 13. The lowest BCUT2D eigenvalue weighted by atomic mass is 9.49. The number of hydrogen-bond donors (Lipinski definition) is 4. The van der Waals surface area contributed by atoms with Crippen LogP contribution in [0.3, 0.4) is 0 Å². The number of β-amino-alcohol motifs (C(OH)–C–C–N with tert-alkyl or cyclic N) is 1. The van der Waals surface area contributed by atoms with E-state index in [0.29, 0.717) is 18.7 Å². The normalized spacial score (nSPS) is 23.4. The van der Waals surface area contributed by atoms with Gasteiger partial charge in [0, 0.05) is 107 Å². The number of halogens is 3. The van der Waals surface area contributed by atoms with Crippen LogP contribution < -0.4 is 25.6 Å². The highest BCUT2D eigenvalue weighted by Crippen LogP contribution is 2.56. The lowest BCUT2D eigenvalue weighted by Gasteiger charge is -2.63. The summed E-state index contributed by atoms with van der Waals surface area (Å²) in [5, 5.41) is 29.1. The number of carbonyl (C=O) groups excluding carboxylic acids is 4. The summed E-state index contributed by atoms with van der Waals surface area (Å²) in [5.74, 6) is -0.504. The average molecular weight is 1090 g/mol. The lowest BCUT2D eigenvalue weighted by Crippen LogP contribution is -2.74. The zero-order valence-corrected chi connectivity index (χ0v) is 47.1. The topological polar surface area (TPSA) is 199 Å². The number of aliphatic hydroxyl groups is 1. The van der Waals surface area contributed by atoms with E-state index in [4.69, 9.17) is 4.74 Å². The number of nitrogens with one attached hydrogen (secondary N) is 3. The van der Waals surface area contributed by atoms with Crippen LogP contribution in [0.15, 0.2) is 71.5 Å². The standard InChI is InChI=1S/C59H78F3N11O6/c1-37(39-11-13-40(14-12-39)45-19-20-64-38(45)2)66-52(77)47-31-43(74)35-73(47)53(78)50(56(3,4)5)67-49(75)36-71-25-23-69(24-26-71)21-10-22-70-27-29-72(30-28-70)48-18-16-42(34-65-48)51(76)68-54-57(6,7)55(58(54,8)9)79-44-17-15-41(33-63)46(32-44)59(60,61)62/h11-18,20,32,34,37,43,47,50,54-55,74H,10,19,21-31,35-36H2,1-9H3,(H,66,77)(H,67,75)(H,68,76)/t37-,43+,47-,50+,54?,55?/m0/s1. The van der Waals surface area contributed by atoms with Crippen LogP contribution in [0.1, 0.15) is 120 Å². The summed E-state index contributed by atoms with van der Waals surface area (Å²) >= 11 is 0. The number of allylic oxidation sites excluding steroid dienone is 2. The third-order valence-electron chi connectivity index (χ3n) is 16.7. The molecule has 0 spiro atoms. The van der Waals surface area contributed by atoms with Crippen LogP contribution in [0.5, 0.6) is 5.75 Å². The first-order valence-corrected chi connectivity index (χ1v) is 27.6. The van der Waals surface area contributed by atoms with E-state index >= 15 is 0 Å². The predicted molar refractivity (Wildman–Crippen MR) is 296 cm³/mol. The Morgan fingerprint density at radius 3 is 2.08 bits per heavy atom. The van der Waals surface area contributed by atoms with Gasteiger partial charge in [0.25, 0.3) is 5.91 Å². The number of amides is 4. The maximum Gasteiger partial charge on any atom is 0.417 e. The van der Waals surface area contributed by atoms with Gasteiger partial charge in [-0.25, -0.2) is 4.98 Å². The number of aromatic nitrogens is 1. The second kappa shape index (κ2) is 23.7. The van der Waals surface area contributed by atoms with Crippen molar-refractivity contribution in [2.45, 2.75) is 124 Å². The molecule has 3 saturated heterocycles. The van der Waals surface area contributed by atoms with E-state index < -0.39 is 57.8 Å². The zero-order chi connectivity index (χ0) is 57.2.